The predicted molar refractivity (Wildman–Crippen MR) is 562 cm³/mol. The zero-order valence-electron chi connectivity index (χ0n) is 76.2. The van der Waals surface area contributed by atoms with Crippen molar-refractivity contribution >= 4 is 133 Å². The average molecular weight is 1900 g/mol. The molecule has 0 unspecified atom stereocenters. The lowest BCUT2D eigenvalue weighted by atomic mass is 9.91. The zero-order valence-corrected chi connectivity index (χ0v) is 76.2. The summed E-state index contributed by atoms with van der Waals surface area (Å²) in [6.07, 6.45) is 0. The van der Waals surface area contributed by atoms with Crippen molar-refractivity contribution in [1.82, 2.24) is 0 Å². The van der Waals surface area contributed by atoms with Crippen molar-refractivity contribution in [1.29, 1.82) is 0 Å². The van der Waals surface area contributed by atoms with E-state index in [1.54, 1.807) is 58.3 Å². The first-order chi connectivity index (χ1) is 70.2. The van der Waals surface area contributed by atoms with Crippen LogP contribution in [0.25, 0.3) is 154 Å². The van der Waals surface area contributed by atoms with Gasteiger partial charge in [-0.2, -0.15) is 0 Å². The zero-order chi connectivity index (χ0) is 98.1. The Morgan fingerprint density at radius 1 is 0.118 bits per heavy atom. The van der Waals surface area contributed by atoms with Crippen molar-refractivity contribution in [2.24, 2.45) is 0 Å². The van der Waals surface area contributed by atoms with E-state index in [1.165, 1.54) is 97.1 Å². The molecule has 0 aromatic heterocycles. The van der Waals surface area contributed by atoms with E-state index in [9.17, 15) is 26.3 Å². The molecule has 0 aliphatic carbocycles. The van der Waals surface area contributed by atoms with Gasteiger partial charge in [0, 0.05) is 68.6 Å². The summed E-state index contributed by atoms with van der Waals surface area (Å²) >= 11 is 0. The van der Waals surface area contributed by atoms with Crippen LogP contribution < -0.4 is 19.6 Å². The molecule has 0 aliphatic heterocycles. The van der Waals surface area contributed by atoms with Gasteiger partial charge in [0.25, 0.3) is 0 Å². The molecule has 0 fully saturated rings. The molecule has 0 bridgehead atoms. The Morgan fingerprint density at radius 3 is 0.535 bits per heavy atom. The molecule has 0 spiro atoms. The van der Waals surface area contributed by atoms with E-state index in [1.807, 2.05) is 301 Å². The summed E-state index contributed by atoms with van der Waals surface area (Å²) in [5.74, 6) is -7.61. The third kappa shape index (κ3) is 17.3. The van der Waals surface area contributed by atoms with Crippen LogP contribution in [0.15, 0.2) is 461 Å². The third-order valence-electron chi connectivity index (χ3n) is 26.6. The maximum Gasteiger partial charge on any atom is 0.150 e. The largest absolute Gasteiger partial charge is 0.310 e. The summed E-state index contributed by atoms with van der Waals surface area (Å²) in [5.41, 5.74) is 18.2. The van der Waals surface area contributed by atoms with Crippen LogP contribution in [0, 0.1) is 69.8 Å². The van der Waals surface area contributed by atoms with Gasteiger partial charge in [-0.1, -0.05) is 243 Å². The maximum atomic E-state index is 16.6. The first kappa shape index (κ1) is 89.6. The van der Waals surface area contributed by atoms with Crippen molar-refractivity contribution in [2.45, 2.75) is 0 Å². The quantitative estimate of drug-likeness (QED) is 0.0557. The van der Waals surface area contributed by atoms with Gasteiger partial charge in [0.05, 0.1) is 45.5 Å². The Hall–Kier alpha value is -18.3. The topological polar surface area (TPSA) is 13.0 Å². The van der Waals surface area contributed by atoms with Gasteiger partial charge < -0.3 is 19.6 Å². The van der Waals surface area contributed by atoms with Crippen LogP contribution in [0.5, 0.6) is 0 Å². The van der Waals surface area contributed by atoms with Crippen LogP contribution >= 0.6 is 0 Å². The molecule has 0 heterocycles. The lowest BCUT2D eigenvalue weighted by molar-refractivity contribution is 0.583. The van der Waals surface area contributed by atoms with Crippen molar-refractivity contribution < 1.29 is 52.7 Å². The first-order valence-electron chi connectivity index (χ1n) is 46.5. The number of hydrogen-bond donors (Lipinski definition) is 0. The SMILES string of the molecule is Fc1ccc(-c2cc(-c3ccccc3)cc(N(c3cc(F)cc(F)c3)c3ccc4ccc5c(N(c6cc(F)cc(F)c6)c6cc(-c7ccccc7)cc(-c7ccc(F)cc7)c6)ccc6ccc3c4c65)c2)cc1.Fc1ccc(-c2cc(-c3ccccc3)cc(N(c3ccc(F)cc3F)c3ccc4ccc5c(N(c6cc(-c7ccccc7)cc(-c7ccc(F)cc7)c6)c6ccc(F)cc6F)ccc6ccc3c4c65)c2)cc1. The van der Waals surface area contributed by atoms with Crippen LogP contribution in [0.3, 0.4) is 0 Å². The Labute approximate surface area is 819 Å². The minimum Gasteiger partial charge on any atom is -0.310 e. The number of halogens is 12. The van der Waals surface area contributed by atoms with Crippen molar-refractivity contribution in [3.05, 3.63) is 531 Å². The molecule has 0 saturated heterocycles. The fourth-order valence-electron chi connectivity index (χ4n) is 20.0. The standard InChI is InChI=1S/2C64H38F6N2/c65-49-19-11-41(12-20-49)47-31-45(39-7-3-1-4-8-39)33-53(35-47)71(61-29-23-51(67)37-57(61)69)59-27-17-43-16-26-56-60(28-18-44-15-25-55(59)63(43)64(44)56)72(62-30-24-52(68)38-58(62)70)54-34-46(40-9-5-2-6-10-40)32-48(36-54)42-13-21-50(66)22-14-42;65-49-19-11-41(12-20-49)47-27-45(39-7-3-1-4-8-39)29-55(31-47)71(57-35-51(67)33-52(68)36-57)61-25-17-43-16-24-60-62(26-18-44-15-23-59(61)63(43)64(44)60)72(58-37-53(69)34-54(70)38-58)56-30-46(40-9-5-2-6-10-40)28-48(32-56)42-13-21-50(66)22-14-42/h2*1-38H. The smallest absolute Gasteiger partial charge is 0.150 e. The normalized spacial score (nSPS) is 11.5. The fourth-order valence-corrected chi connectivity index (χ4v) is 20.0. The molecule has 24 aromatic carbocycles. The summed E-state index contributed by atoms with van der Waals surface area (Å²) in [6.45, 7) is 0. The van der Waals surface area contributed by atoms with Gasteiger partial charge in [0.15, 0.2) is 0 Å². The Morgan fingerprint density at radius 2 is 0.306 bits per heavy atom. The van der Waals surface area contributed by atoms with Crippen LogP contribution in [0.1, 0.15) is 0 Å². The number of nitrogens with zero attached hydrogens (tertiary/aromatic N) is 4. The monoisotopic (exact) mass is 1900 g/mol. The van der Waals surface area contributed by atoms with Gasteiger partial charge >= 0.3 is 0 Å². The number of benzene rings is 24. The second kappa shape index (κ2) is 37.5. The predicted octanol–water partition coefficient (Wildman–Crippen LogP) is 38.1. The Kier molecular flexibility index (Phi) is 23.3. The highest BCUT2D eigenvalue weighted by molar-refractivity contribution is 6.30. The summed E-state index contributed by atoms with van der Waals surface area (Å²) in [5, 5.41) is 9.87. The Bertz CT molecular complexity index is 8470. The second-order valence-electron chi connectivity index (χ2n) is 35.5. The van der Waals surface area contributed by atoms with Crippen LogP contribution in [-0.2, 0) is 0 Å². The van der Waals surface area contributed by atoms with E-state index in [4.69, 9.17) is 0 Å². The molecule has 0 amide bonds. The minimum absolute atomic E-state index is 0.0932. The summed E-state index contributed by atoms with van der Waals surface area (Å²) in [7, 11) is 0. The average Bonchev–Trinajstić information content (AvgIpc) is 0.716. The van der Waals surface area contributed by atoms with Crippen LogP contribution in [0.4, 0.5) is 121 Å². The Balaban J connectivity index is 0.000000159. The molecular weight excluding hydrogens is 1820 g/mol. The lowest BCUT2D eigenvalue weighted by Gasteiger charge is -2.30. The van der Waals surface area contributed by atoms with Crippen molar-refractivity contribution in [2.75, 3.05) is 19.6 Å². The van der Waals surface area contributed by atoms with E-state index in [-0.39, 0.29) is 46.0 Å². The van der Waals surface area contributed by atoms with E-state index in [0.717, 1.165) is 178 Å². The van der Waals surface area contributed by atoms with Gasteiger partial charge in [-0.05, 0) is 326 Å². The summed E-state index contributed by atoms with van der Waals surface area (Å²) in [6, 6.07) is 133. The number of hydrogen-bond acceptors (Lipinski definition) is 4. The molecule has 16 heteroatoms. The van der Waals surface area contributed by atoms with E-state index in [2.05, 4.69) is 0 Å². The summed E-state index contributed by atoms with van der Waals surface area (Å²) < 4.78 is 182. The fraction of sp³-hybridized carbons (Fsp3) is 0. The number of anilines is 12. The highest BCUT2D eigenvalue weighted by Crippen LogP contribution is 2.54. The maximum absolute atomic E-state index is 16.6. The molecule has 4 nitrogen and oxygen atoms in total. The van der Waals surface area contributed by atoms with Gasteiger partial charge in [0.1, 0.15) is 69.8 Å². The molecular formula is C128H76F12N4. The van der Waals surface area contributed by atoms with E-state index in [0.29, 0.717) is 45.5 Å². The van der Waals surface area contributed by atoms with Crippen LogP contribution in [0.2, 0.25) is 0 Å². The molecule has 0 N–H and O–H groups in total. The van der Waals surface area contributed by atoms with Crippen LogP contribution in [-0.4, -0.2) is 0 Å². The van der Waals surface area contributed by atoms with Gasteiger partial charge in [0.2, 0.25) is 0 Å². The molecule has 0 aliphatic rings. The second-order valence-corrected chi connectivity index (χ2v) is 35.5. The summed E-state index contributed by atoms with van der Waals surface area (Å²) in [4.78, 5) is 7.25. The lowest BCUT2D eigenvalue weighted by Crippen LogP contribution is -2.14. The molecule has 24 rings (SSSR count). The van der Waals surface area contributed by atoms with Crippen molar-refractivity contribution in [3.8, 4) is 89.0 Å². The molecule has 0 radical (unpaired) electrons. The minimum atomic E-state index is -0.786. The van der Waals surface area contributed by atoms with Crippen molar-refractivity contribution in [3.63, 3.8) is 0 Å². The number of rotatable bonds is 20. The third-order valence-corrected chi connectivity index (χ3v) is 26.6. The van der Waals surface area contributed by atoms with Gasteiger partial charge in [-0.25, -0.2) is 52.7 Å². The molecule has 0 saturated carbocycles. The first-order valence-corrected chi connectivity index (χ1v) is 46.5. The van der Waals surface area contributed by atoms with E-state index >= 15 is 26.3 Å². The molecule has 144 heavy (non-hydrogen) atoms. The highest BCUT2D eigenvalue weighted by atomic mass is 19.2. The highest BCUT2D eigenvalue weighted by Gasteiger charge is 2.30. The molecule has 0 atom stereocenters. The van der Waals surface area contributed by atoms with E-state index < -0.39 is 46.5 Å². The molecule has 24 aromatic rings. The molecule has 692 valence electrons. The van der Waals surface area contributed by atoms with Gasteiger partial charge in [-0.3, -0.25) is 0 Å². The van der Waals surface area contributed by atoms with Gasteiger partial charge in [-0.15, -0.1) is 0 Å².